The van der Waals surface area contributed by atoms with Crippen molar-refractivity contribution >= 4 is 5.82 Å². The summed E-state index contributed by atoms with van der Waals surface area (Å²) in [5.41, 5.74) is 0. The fourth-order valence-electron chi connectivity index (χ4n) is 0.586. The summed E-state index contributed by atoms with van der Waals surface area (Å²) < 4.78 is 0. The Kier molecular flexibility index (Phi) is 1.90. The number of nitroso groups, excluding NO2 is 1. The molecule has 1 aromatic heterocycles. The van der Waals surface area contributed by atoms with Crippen LogP contribution < -0.4 is 0 Å². The third-order valence-electron chi connectivity index (χ3n) is 1.03. The fraction of sp³-hybridized carbons (Fsp3) is 0.250. The SMILES string of the molecule is O=NCc1ncc([N+](=O)[O-])[nH]1. The second-order valence-corrected chi connectivity index (χ2v) is 1.76. The Hall–Kier alpha value is -1.79. The van der Waals surface area contributed by atoms with Gasteiger partial charge in [0.05, 0.1) is 0 Å². The van der Waals surface area contributed by atoms with Gasteiger partial charge in [0.15, 0.2) is 6.54 Å². The molecule has 7 heteroatoms. The van der Waals surface area contributed by atoms with Gasteiger partial charge in [0.2, 0.25) is 5.82 Å². The van der Waals surface area contributed by atoms with Crippen molar-refractivity contribution in [2.75, 3.05) is 0 Å². The zero-order chi connectivity index (χ0) is 8.27. The number of aromatic nitrogens is 2. The Bertz CT molecular complexity index is 281. The molecule has 0 saturated carbocycles. The summed E-state index contributed by atoms with van der Waals surface area (Å²) in [7, 11) is 0. The van der Waals surface area contributed by atoms with Gasteiger partial charge in [0.1, 0.15) is 6.20 Å². The molecule has 0 saturated heterocycles. The first-order valence-electron chi connectivity index (χ1n) is 2.71. The third kappa shape index (κ3) is 1.57. The zero-order valence-corrected chi connectivity index (χ0v) is 5.35. The summed E-state index contributed by atoms with van der Waals surface area (Å²) in [6.45, 7) is -0.173. The minimum atomic E-state index is -0.624. The van der Waals surface area contributed by atoms with Crippen LogP contribution in [0.15, 0.2) is 11.4 Å². The molecule has 0 bridgehead atoms. The van der Waals surface area contributed by atoms with Gasteiger partial charge in [-0.05, 0) is 4.92 Å². The van der Waals surface area contributed by atoms with E-state index in [1.165, 1.54) is 0 Å². The van der Waals surface area contributed by atoms with Gasteiger partial charge >= 0.3 is 5.82 Å². The van der Waals surface area contributed by atoms with Crippen LogP contribution in [0, 0.1) is 15.0 Å². The lowest BCUT2D eigenvalue weighted by atomic mass is 10.6. The predicted molar refractivity (Wildman–Crippen MR) is 34.7 cm³/mol. The minimum absolute atomic E-state index is 0.173. The average Bonchev–Trinajstić information content (AvgIpc) is 2.37. The van der Waals surface area contributed by atoms with E-state index in [1.807, 2.05) is 0 Å². The number of imidazole rings is 1. The predicted octanol–water partition coefficient (Wildman–Crippen LogP) is 0.584. The number of aromatic amines is 1. The van der Waals surface area contributed by atoms with Crippen LogP contribution in [0.2, 0.25) is 0 Å². The first-order valence-corrected chi connectivity index (χ1v) is 2.71. The molecule has 0 amide bonds. The van der Waals surface area contributed by atoms with Crippen LogP contribution in [-0.4, -0.2) is 14.9 Å². The highest BCUT2D eigenvalue weighted by Gasteiger charge is 2.08. The van der Waals surface area contributed by atoms with Crippen molar-refractivity contribution in [1.82, 2.24) is 9.97 Å². The van der Waals surface area contributed by atoms with Crippen LogP contribution in [0.25, 0.3) is 0 Å². The van der Waals surface area contributed by atoms with Crippen LogP contribution in [0.1, 0.15) is 5.82 Å². The minimum Gasteiger partial charge on any atom is -0.358 e. The van der Waals surface area contributed by atoms with Crippen molar-refractivity contribution in [3.8, 4) is 0 Å². The first kappa shape index (κ1) is 7.32. The summed E-state index contributed by atoms with van der Waals surface area (Å²) in [5.74, 6) is -0.0321. The van der Waals surface area contributed by atoms with E-state index in [4.69, 9.17) is 0 Å². The molecule has 0 aliphatic heterocycles. The van der Waals surface area contributed by atoms with E-state index in [-0.39, 0.29) is 18.2 Å². The van der Waals surface area contributed by atoms with E-state index in [1.54, 1.807) is 0 Å². The highest BCUT2D eigenvalue weighted by molar-refractivity contribution is 5.14. The molecule has 58 valence electrons. The lowest BCUT2D eigenvalue weighted by Gasteiger charge is -1.84. The highest BCUT2D eigenvalue weighted by atomic mass is 16.6. The quantitative estimate of drug-likeness (QED) is 0.393. The number of H-pyrrole nitrogens is 1. The van der Waals surface area contributed by atoms with E-state index < -0.39 is 4.92 Å². The molecule has 0 unspecified atom stereocenters. The summed E-state index contributed by atoms with van der Waals surface area (Å²) in [4.78, 5) is 24.9. The maximum atomic E-state index is 10.0. The Balaban J connectivity index is 2.81. The molecule has 0 fully saturated rings. The maximum absolute atomic E-state index is 10.0. The molecule has 1 heterocycles. The molecule has 0 spiro atoms. The molecule has 0 aromatic carbocycles. The summed E-state index contributed by atoms with van der Waals surface area (Å²) in [6, 6.07) is 0. The molecule has 0 aliphatic carbocycles. The normalized spacial score (nSPS) is 9.45. The topological polar surface area (TPSA) is 101 Å². The summed E-state index contributed by atoms with van der Waals surface area (Å²) >= 11 is 0. The van der Waals surface area contributed by atoms with E-state index in [0.29, 0.717) is 0 Å². The van der Waals surface area contributed by atoms with E-state index in [9.17, 15) is 15.0 Å². The van der Waals surface area contributed by atoms with Crippen molar-refractivity contribution in [3.05, 3.63) is 27.0 Å². The fourth-order valence-corrected chi connectivity index (χ4v) is 0.586. The number of hydrogen-bond acceptors (Lipinski definition) is 5. The Morgan fingerprint density at radius 2 is 2.55 bits per heavy atom. The molecule has 7 nitrogen and oxygen atoms in total. The Morgan fingerprint density at radius 1 is 1.82 bits per heavy atom. The van der Waals surface area contributed by atoms with Crippen LogP contribution >= 0.6 is 0 Å². The van der Waals surface area contributed by atoms with Gasteiger partial charge in [-0.1, -0.05) is 5.18 Å². The smallest absolute Gasteiger partial charge is 0.340 e. The van der Waals surface area contributed by atoms with Crippen molar-refractivity contribution in [1.29, 1.82) is 0 Å². The number of nitro groups is 1. The zero-order valence-electron chi connectivity index (χ0n) is 5.35. The Morgan fingerprint density at radius 3 is 3.00 bits per heavy atom. The van der Waals surface area contributed by atoms with E-state index >= 15 is 0 Å². The second-order valence-electron chi connectivity index (χ2n) is 1.76. The van der Waals surface area contributed by atoms with Gasteiger partial charge in [-0.25, -0.2) is 9.97 Å². The largest absolute Gasteiger partial charge is 0.358 e. The maximum Gasteiger partial charge on any atom is 0.340 e. The van der Waals surface area contributed by atoms with Crippen molar-refractivity contribution < 1.29 is 4.92 Å². The number of nitrogens with one attached hydrogen (secondary N) is 1. The van der Waals surface area contributed by atoms with Gasteiger partial charge < -0.3 is 10.1 Å². The van der Waals surface area contributed by atoms with Gasteiger partial charge in [0, 0.05) is 0 Å². The number of rotatable bonds is 3. The van der Waals surface area contributed by atoms with Gasteiger partial charge in [-0.15, -0.1) is 0 Å². The lowest BCUT2D eigenvalue weighted by molar-refractivity contribution is -0.389. The summed E-state index contributed by atoms with van der Waals surface area (Å²) in [6.07, 6.45) is 1.04. The molecule has 0 atom stereocenters. The second kappa shape index (κ2) is 2.86. The molecule has 0 radical (unpaired) electrons. The van der Waals surface area contributed by atoms with Crippen LogP contribution in [0.3, 0.4) is 0 Å². The van der Waals surface area contributed by atoms with Crippen LogP contribution in [0.5, 0.6) is 0 Å². The molecule has 1 N–H and O–H groups in total. The monoisotopic (exact) mass is 156 g/mol. The standard InChI is InChI=1S/C4H4N4O3/c9-6-1-3-5-2-4(7-3)8(10)11/h2H,1H2,(H,5,7). The van der Waals surface area contributed by atoms with Crippen molar-refractivity contribution in [2.24, 2.45) is 5.18 Å². The van der Waals surface area contributed by atoms with Crippen molar-refractivity contribution in [2.45, 2.75) is 6.54 Å². The van der Waals surface area contributed by atoms with Crippen LogP contribution in [-0.2, 0) is 6.54 Å². The van der Waals surface area contributed by atoms with E-state index in [0.717, 1.165) is 6.20 Å². The molecular weight excluding hydrogens is 152 g/mol. The molecule has 1 aromatic rings. The highest BCUT2D eigenvalue weighted by Crippen LogP contribution is 2.06. The molecular formula is C4H4N4O3. The van der Waals surface area contributed by atoms with Gasteiger partial charge in [0.25, 0.3) is 0 Å². The third-order valence-corrected chi connectivity index (χ3v) is 1.03. The number of nitrogens with zero attached hydrogens (tertiary/aromatic N) is 3. The first-order chi connectivity index (χ1) is 5.24. The van der Waals surface area contributed by atoms with Crippen molar-refractivity contribution in [3.63, 3.8) is 0 Å². The van der Waals surface area contributed by atoms with Gasteiger partial charge in [-0.3, -0.25) is 0 Å². The Labute approximate surface area is 60.6 Å². The van der Waals surface area contributed by atoms with Gasteiger partial charge in [-0.2, -0.15) is 4.91 Å². The molecule has 11 heavy (non-hydrogen) atoms. The van der Waals surface area contributed by atoms with Crippen LogP contribution in [0.4, 0.5) is 5.82 Å². The molecule has 0 aliphatic rings. The van der Waals surface area contributed by atoms with E-state index in [2.05, 4.69) is 15.1 Å². The lowest BCUT2D eigenvalue weighted by Crippen LogP contribution is -1.88. The average molecular weight is 156 g/mol. The molecule has 1 rings (SSSR count). The summed E-state index contributed by atoms with van der Waals surface area (Å²) in [5, 5.41) is 12.6. The number of hydrogen-bond donors (Lipinski definition) is 1.